The normalized spacial score (nSPS) is 22.6. The highest BCUT2D eigenvalue weighted by atomic mass is 16.7. The van der Waals surface area contributed by atoms with Crippen LogP contribution < -0.4 is 0 Å². The van der Waals surface area contributed by atoms with E-state index in [0.29, 0.717) is 13.0 Å². The fraction of sp³-hybridized carbons (Fsp3) is 0.471. The summed E-state index contributed by atoms with van der Waals surface area (Å²) in [6.45, 7) is 7.92. The maximum Gasteiger partial charge on any atom is 0.338 e. The van der Waals surface area contributed by atoms with Crippen LogP contribution in [0.2, 0.25) is 0 Å². The van der Waals surface area contributed by atoms with Gasteiger partial charge in [0.05, 0.1) is 17.1 Å². The van der Waals surface area contributed by atoms with Crippen LogP contribution in [0.5, 0.6) is 0 Å². The Hall–Kier alpha value is -2.25. The molecule has 7 heteroatoms. The molecule has 0 saturated carbocycles. The van der Waals surface area contributed by atoms with Crippen LogP contribution in [0.4, 0.5) is 5.69 Å². The summed E-state index contributed by atoms with van der Waals surface area (Å²) >= 11 is 0. The number of hydrogen-bond donors (Lipinski definition) is 0. The van der Waals surface area contributed by atoms with Gasteiger partial charge in [-0.15, -0.1) is 6.58 Å². The Morgan fingerprint density at radius 1 is 1.46 bits per heavy atom. The zero-order valence-electron chi connectivity index (χ0n) is 13.8. The first-order chi connectivity index (χ1) is 11.3. The molecular formula is C17H21NO6. The maximum atomic E-state index is 12.1. The van der Waals surface area contributed by atoms with Crippen molar-refractivity contribution in [3.63, 3.8) is 0 Å². The molecule has 2 atom stereocenters. The number of carbonyl (C=O) groups is 1. The number of nitrogens with zero attached hydrogens (tertiary/aromatic N) is 1. The topological polar surface area (TPSA) is 87.9 Å². The first-order valence-electron chi connectivity index (χ1n) is 7.66. The average molecular weight is 335 g/mol. The van der Waals surface area contributed by atoms with E-state index < -0.39 is 16.7 Å². The molecule has 0 unspecified atom stereocenters. The van der Waals surface area contributed by atoms with Crippen molar-refractivity contribution < 1.29 is 23.9 Å². The number of benzene rings is 1. The van der Waals surface area contributed by atoms with Crippen LogP contribution in [-0.4, -0.2) is 36.0 Å². The Labute approximate surface area is 140 Å². The first kappa shape index (κ1) is 18.1. The number of nitro groups is 1. The first-order valence-corrected chi connectivity index (χ1v) is 7.66. The lowest BCUT2D eigenvalue weighted by Gasteiger charge is -2.40. The van der Waals surface area contributed by atoms with E-state index in [-0.39, 0.29) is 29.9 Å². The van der Waals surface area contributed by atoms with Gasteiger partial charge in [-0.1, -0.05) is 6.08 Å². The molecule has 1 aliphatic rings. The fourth-order valence-corrected chi connectivity index (χ4v) is 2.47. The van der Waals surface area contributed by atoms with Crippen LogP contribution in [0.15, 0.2) is 36.9 Å². The molecular weight excluding hydrogens is 314 g/mol. The highest BCUT2D eigenvalue weighted by Crippen LogP contribution is 2.28. The summed E-state index contributed by atoms with van der Waals surface area (Å²) in [5, 5.41) is 10.6. The van der Waals surface area contributed by atoms with E-state index in [0.717, 1.165) is 0 Å². The van der Waals surface area contributed by atoms with E-state index in [1.165, 1.54) is 24.3 Å². The molecule has 0 spiro atoms. The van der Waals surface area contributed by atoms with Crippen molar-refractivity contribution in [2.24, 2.45) is 5.92 Å². The molecule has 1 aromatic carbocycles. The van der Waals surface area contributed by atoms with E-state index in [2.05, 4.69) is 6.58 Å². The minimum atomic E-state index is -0.734. The van der Waals surface area contributed by atoms with E-state index in [4.69, 9.17) is 14.2 Å². The highest BCUT2D eigenvalue weighted by Gasteiger charge is 2.36. The summed E-state index contributed by atoms with van der Waals surface area (Å²) in [4.78, 5) is 22.2. The minimum absolute atomic E-state index is 0.0557. The highest BCUT2D eigenvalue weighted by molar-refractivity contribution is 5.89. The molecule has 1 aromatic rings. The molecule has 24 heavy (non-hydrogen) atoms. The van der Waals surface area contributed by atoms with Gasteiger partial charge in [-0.25, -0.2) is 4.79 Å². The van der Waals surface area contributed by atoms with Crippen LogP contribution in [0, 0.1) is 16.0 Å². The number of hydrogen-bond acceptors (Lipinski definition) is 6. The van der Waals surface area contributed by atoms with Gasteiger partial charge in [-0.05, 0) is 32.4 Å². The summed E-state index contributed by atoms with van der Waals surface area (Å²) in [5.74, 6) is -1.22. The van der Waals surface area contributed by atoms with Crippen molar-refractivity contribution in [1.82, 2.24) is 0 Å². The predicted molar refractivity (Wildman–Crippen MR) is 86.6 cm³/mol. The summed E-state index contributed by atoms with van der Waals surface area (Å²) in [6.07, 6.45) is 2.17. The standard InChI is InChI=1S/C17H21NO6/c1-4-5-13-10-23-17(2,3)24-15(13)11-22-16(19)12-6-8-14(9-7-12)18(20)21/h4,6-9,13,15H,1,5,10-11H2,2-3H3/t13-,15+/m1/s1. The van der Waals surface area contributed by atoms with E-state index in [9.17, 15) is 14.9 Å². The minimum Gasteiger partial charge on any atom is -0.459 e. The quantitative estimate of drug-likeness (QED) is 0.343. The van der Waals surface area contributed by atoms with Gasteiger partial charge in [0.2, 0.25) is 0 Å². The SMILES string of the molecule is C=CC[C@@H]1COC(C)(C)O[C@H]1COC(=O)c1ccc([N+](=O)[O-])cc1. The fourth-order valence-electron chi connectivity index (χ4n) is 2.47. The molecule has 1 heterocycles. The van der Waals surface area contributed by atoms with E-state index in [1.807, 2.05) is 13.8 Å². The van der Waals surface area contributed by atoms with Gasteiger partial charge in [-0.2, -0.15) is 0 Å². The smallest absolute Gasteiger partial charge is 0.338 e. The third-order valence-electron chi connectivity index (χ3n) is 3.77. The van der Waals surface area contributed by atoms with Gasteiger partial charge in [-0.3, -0.25) is 10.1 Å². The summed E-state index contributed by atoms with van der Waals surface area (Å²) in [5.41, 5.74) is 0.180. The lowest BCUT2D eigenvalue weighted by Crippen LogP contribution is -2.47. The second kappa shape index (κ2) is 7.55. The Balaban J connectivity index is 1.97. The van der Waals surface area contributed by atoms with Gasteiger partial charge in [0.25, 0.3) is 5.69 Å². The number of carbonyl (C=O) groups excluding carboxylic acids is 1. The largest absolute Gasteiger partial charge is 0.459 e. The second-order valence-corrected chi connectivity index (χ2v) is 6.05. The Morgan fingerprint density at radius 2 is 2.12 bits per heavy atom. The Bertz CT molecular complexity index is 610. The van der Waals surface area contributed by atoms with Gasteiger partial charge in [0.15, 0.2) is 5.79 Å². The molecule has 130 valence electrons. The molecule has 1 fully saturated rings. The summed E-state index contributed by atoms with van der Waals surface area (Å²) in [6, 6.07) is 5.28. The van der Waals surface area contributed by atoms with E-state index in [1.54, 1.807) is 6.08 Å². The van der Waals surface area contributed by atoms with Crippen molar-refractivity contribution in [3.8, 4) is 0 Å². The summed E-state index contributed by atoms with van der Waals surface area (Å²) in [7, 11) is 0. The lowest BCUT2D eigenvalue weighted by molar-refractivity contribution is -0.384. The van der Waals surface area contributed by atoms with Gasteiger partial charge in [0.1, 0.15) is 12.7 Å². The van der Waals surface area contributed by atoms with Crippen LogP contribution in [-0.2, 0) is 14.2 Å². The zero-order chi connectivity index (χ0) is 17.7. The Morgan fingerprint density at radius 3 is 2.71 bits per heavy atom. The predicted octanol–water partition coefficient (Wildman–Crippen LogP) is 3.10. The van der Waals surface area contributed by atoms with Gasteiger partial charge in [0, 0.05) is 18.1 Å². The molecule has 0 amide bonds. The van der Waals surface area contributed by atoms with Crippen molar-refractivity contribution in [2.45, 2.75) is 32.2 Å². The molecule has 0 N–H and O–H groups in total. The number of non-ortho nitro benzene ring substituents is 1. The van der Waals surface area contributed by atoms with Crippen molar-refractivity contribution in [2.75, 3.05) is 13.2 Å². The van der Waals surface area contributed by atoms with Gasteiger partial charge >= 0.3 is 5.97 Å². The Kier molecular flexibility index (Phi) is 5.69. The van der Waals surface area contributed by atoms with Crippen LogP contribution >= 0.6 is 0 Å². The van der Waals surface area contributed by atoms with Gasteiger partial charge < -0.3 is 14.2 Å². The van der Waals surface area contributed by atoms with Crippen molar-refractivity contribution in [3.05, 3.63) is 52.6 Å². The molecule has 2 rings (SSSR count). The number of allylic oxidation sites excluding steroid dienone is 1. The third kappa shape index (κ3) is 4.62. The zero-order valence-corrected chi connectivity index (χ0v) is 13.8. The molecule has 0 aromatic heterocycles. The average Bonchev–Trinajstić information content (AvgIpc) is 2.54. The molecule has 7 nitrogen and oxygen atoms in total. The molecule has 0 radical (unpaired) electrons. The number of nitro benzene ring substituents is 1. The molecule has 1 saturated heterocycles. The summed E-state index contributed by atoms with van der Waals surface area (Å²) < 4.78 is 16.8. The maximum absolute atomic E-state index is 12.1. The molecule has 1 aliphatic heterocycles. The third-order valence-corrected chi connectivity index (χ3v) is 3.77. The lowest BCUT2D eigenvalue weighted by atomic mass is 9.98. The van der Waals surface area contributed by atoms with Crippen molar-refractivity contribution in [1.29, 1.82) is 0 Å². The number of esters is 1. The van der Waals surface area contributed by atoms with Crippen LogP contribution in [0.1, 0.15) is 30.6 Å². The monoisotopic (exact) mass is 335 g/mol. The number of ether oxygens (including phenoxy) is 3. The molecule has 0 bridgehead atoms. The molecule has 0 aliphatic carbocycles. The van der Waals surface area contributed by atoms with E-state index >= 15 is 0 Å². The van der Waals surface area contributed by atoms with Crippen molar-refractivity contribution >= 4 is 11.7 Å². The second-order valence-electron chi connectivity index (χ2n) is 6.05. The van der Waals surface area contributed by atoms with Crippen LogP contribution in [0.25, 0.3) is 0 Å². The van der Waals surface area contributed by atoms with Crippen LogP contribution in [0.3, 0.4) is 0 Å². The number of rotatable bonds is 6.